The van der Waals surface area contributed by atoms with E-state index in [0.29, 0.717) is 5.69 Å². The molecular formula is C13H14N2O. The molecule has 0 bridgehead atoms. The molecule has 0 unspecified atom stereocenters. The van der Waals surface area contributed by atoms with E-state index in [9.17, 15) is 0 Å². The van der Waals surface area contributed by atoms with E-state index in [2.05, 4.69) is 4.98 Å². The first kappa shape index (κ1) is 10.6. The third-order valence-corrected chi connectivity index (χ3v) is 2.48. The fourth-order valence-corrected chi connectivity index (χ4v) is 1.72. The Hall–Kier alpha value is -1.87. The minimum absolute atomic E-state index is 0.0435. The largest absolute Gasteiger partial charge is 0.397 e. The van der Waals surface area contributed by atoms with Crippen LogP contribution in [0.1, 0.15) is 11.1 Å². The van der Waals surface area contributed by atoms with Crippen molar-refractivity contribution in [2.45, 2.75) is 13.5 Å². The highest BCUT2D eigenvalue weighted by Crippen LogP contribution is 2.23. The van der Waals surface area contributed by atoms with Crippen LogP contribution in [0.4, 0.5) is 5.69 Å². The molecule has 3 nitrogen and oxygen atoms in total. The van der Waals surface area contributed by atoms with Crippen LogP contribution >= 0.6 is 0 Å². The van der Waals surface area contributed by atoms with Gasteiger partial charge in [-0.25, -0.2) is 0 Å². The predicted octanol–water partition coefficient (Wildman–Crippen LogP) is 2.13. The van der Waals surface area contributed by atoms with E-state index in [1.165, 1.54) is 0 Å². The zero-order valence-electron chi connectivity index (χ0n) is 9.14. The molecule has 3 N–H and O–H groups in total. The van der Waals surface area contributed by atoms with Gasteiger partial charge in [-0.15, -0.1) is 0 Å². The number of rotatable bonds is 2. The highest BCUT2D eigenvalue weighted by atomic mass is 16.3. The molecule has 3 heteroatoms. The Morgan fingerprint density at radius 2 is 2.12 bits per heavy atom. The van der Waals surface area contributed by atoms with Crippen LogP contribution in [0.5, 0.6) is 0 Å². The van der Waals surface area contributed by atoms with Crippen molar-refractivity contribution < 1.29 is 5.11 Å². The van der Waals surface area contributed by atoms with Crippen LogP contribution in [0.25, 0.3) is 11.3 Å². The highest BCUT2D eigenvalue weighted by molar-refractivity contribution is 5.65. The molecule has 0 atom stereocenters. The third kappa shape index (κ3) is 2.04. The van der Waals surface area contributed by atoms with Crippen LogP contribution in [-0.4, -0.2) is 10.1 Å². The molecule has 0 amide bonds. The molecule has 0 saturated carbocycles. The number of nitrogen functional groups attached to an aromatic ring is 1. The van der Waals surface area contributed by atoms with Gasteiger partial charge in [-0.3, -0.25) is 4.98 Å². The van der Waals surface area contributed by atoms with E-state index in [1.54, 1.807) is 6.20 Å². The average molecular weight is 214 g/mol. The monoisotopic (exact) mass is 214 g/mol. The number of anilines is 1. The molecule has 1 heterocycles. The number of benzene rings is 1. The maximum atomic E-state index is 9.08. The maximum Gasteiger partial charge on any atom is 0.0732 e. The van der Waals surface area contributed by atoms with E-state index >= 15 is 0 Å². The Morgan fingerprint density at radius 1 is 1.31 bits per heavy atom. The Balaban J connectivity index is 2.49. The van der Waals surface area contributed by atoms with Gasteiger partial charge in [0, 0.05) is 5.56 Å². The van der Waals surface area contributed by atoms with Gasteiger partial charge in [-0.05, 0) is 30.2 Å². The van der Waals surface area contributed by atoms with Gasteiger partial charge in [0.25, 0.3) is 0 Å². The van der Waals surface area contributed by atoms with Crippen molar-refractivity contribution in [3.63, 3.8) is 0 Å². The molecule has 0 radical (unpaired) electrons. The molecule has 1 aromatic carbocycles. The van der Waals surface area contributed by atoms with Crippen LogP contribution < -0.4 is 5.73 Å². The summed E-state index contributed by atoms with van der Waals surface area (Å²) in [6.45, 7) is 2.02. The normalized spacial score (nSPS) is 10.4. The summed E-state index contributed by atoms with van der Waals surface area (Å²) in [7, 11) is 0. The first-order chi connectivity index (χ1) is 7.70. The lowest BCUT2D eigenvalue weighted by atomic mass is 10.0. The van der Waals surface area contributed by atoms with Crippen molar-refractivity contribution in [1.29, 1.82) is 0 Å². The standard InChI is InChI=1S/C13H14N2O/c1-9-5-12(14)7-15-13(9)11-4-2-3-10(6-11)8-16/h2-7,16H,8,14H2,1H3. The molecule has 0 fully saturated rings. The lowest BCUT2D eigenvalue weighted by Crippen LogP contribution is -1.93. The fourth-order valence-electron chi connectivity index (χ4n) is 1.72. The third-order valence-electron chi connectivity index (χ3n) is 2.48. The highest BCUT2D eigenvalue weighted by Gasteiger charge is 2.04. The van der Waals surface area contributed by atoms with E-state index in [1.807, 2.05) is 37.3 Å². The molecule has 82 valence electrons. The number of aryl methyl sites for hydroxylation is 1. The second-order valence-corrected chi connectivity index (χ2v) is 3.79. The number of aliphatic hydroxyl groups excluding tert-OH is 1. The first-order valence-corrected chi connectivity index (χ1v) is 5.13. The summed E-state index contributed by atoms with van der Waals surface area (Å²) in [5.74, 6) is 0. The molecular weight excluding hydrogens is 200 g/mol. The average Bonchev–Trinajstić information content (AvgIpc) is 2.29. The van der Waals surface area contributed by atoms with Gasteiger partial charge in [-0.2, -0.15) is 0 Å². The summed E-state index contributed by atoms with van der Waals surface area (Å²) in [4.78, 5) is 4.32. The van der Waals surface area contributed by atoms with Crippen molar-refractivity contribution in [3.8, 4) is 11.3 Å². The summed E-state index contributed by atoms with van der Waals surface area (Å²) >= 11 is 0. The van der Waals surface area contributed by atoms with Gasteiger partial charge in [0.2, 0.25) is 0 Å². The molecule has 2 rings (SSSR count). The van der Waals surface area contributed by atoms with E-state index < -0.39 is 0 Å². The molecule has 0 saturated heterocycles. The maximum absolute atomic E-state index is 9.08. The van der Waals surface area contributed by atoms with Crippen LogP contribution in [0.2, 0.25) is 0 Å². The number of aliphatic hydroxyl groups is 1. The molecule has 0 aliphatic carbocycles. The molecule has 0 aliphatic heterocycles. The zero-order valence-corrected chi connectivity index (χ0v) is 9.14. The summed E-state index contributed by atoms with van der Waals surface area (Å²) in [5, 5.41) is 9.08. The van der Waals surface area contributed by atoms with Gasteiger partial charge in [0.15, 0.2) is 0 Å². The second kappa shape index (κ2) is 4.33. The Labute approximate surface area is 94.6 Å². The van der Waals surface area contributed by atoms with Crippen LogP contribution in [-0.2, 0) is 6.61 Å². The van der Waals surface area contributed by atoms with E-state index in [4.69, 9.17) is 10.8 Å². The molecule has 16 heavy (non-hydrogen) atoms. The SMILES string of the molecule is Cc1cc(N)cnc1-c1cccc(CO)c1. The van der Waals surface area contributed by atoms with Gasteiger partial charge in [-0.1, -0.05) is 18.2 Å². The lowest BCUT2D eigenvalue weighted by Gasteiger charge is -2.07. The van der Waals surface area contributed by atoms with Crippen molar-refractivity contribution in [2.75, 3.05) is 5.73 Å². The summed E-state index contributed by atoms with van der Waals surface area (Å²) in [5.41, 5.74) is 10.2. The van der Waals surface area contributed by atoms with Crippen molar-refractivity contribution in [1.82, 2.24) is 4.98 Å². The molecule has 1 aromatic heterocycles. The van der Waals surface area contributed by atoms with E-state index in [0.717, 1.165) is 22.4 Å². The minimum atomic E-state index is 0.0435. The topological polar surface area (TPSA) is 59.1 Å². The second-order valence-electron chi connectivity index (χ2n) is 3.79. The molecule has 0 aliphatic rings. The Bertz CT molecular complexity index is 509. The summed E-state index contributed by atoms with van der Waals surface area (Å²) in [6.07, 6.45) is 1.65. The first-order valence-electron chi connectivity index (χ1n) is 5.13. The van der Waals surface area contributed by atoms with Crippen LogP contribution in [0, 0.1) is 6.92 Å². The molecule has 2 aromatic rings. The number of pyridine rings is 1. The van der Waals surface area contributed by atoms with E-state index in [-0.39, 0.29) is 6.61 Å². The number of hydrogen-bond donors (Lipinski definition) is 2. The van der Waals surface area contributed by atoms with Crippen molar-refractivity contribution in [3.05, 3.63) is 47.7 Å². The number of nitrogens with zero attached hydrogens (tertiary/aromatic N) is 1. The lowest BCUT2D eigenvalue weighted by molar-refractivity contribution is 0.282. The fraction of sp³-hybridized carbons (Fsp3) is 0.154. The molecule has 0 spiro atoms. The Morgan fingerprint density at radius 3 is 2.81 bits per heavy atom. The van der Waals surface area contributed by atoms with Crippen molar-refractivity contribution in [2.24, 2.45) is 0 Å². The van der Waals surface area contributed by atoms with Crippen LogP contribution in [0.3, 0.4) is 0 Å². The predicted molar refractivity (Wildman–Crippen MR) is 64.7 cm³/mol. The smallest absolute Gasteiger partial charge is 0.0732 e. The number of nitrogens with two attached hydrogens (primary N) is 1. The minimum Gasteiger partial charge on any atom is -0.397 e. The number of aromatic nitrogens is 1. The van der Waals surface area contributed by atoms with Gasteiger partial charge in [0.05, 0.1) is 24.2 Å². The van der Waals surface area contributed by atoms with Gasteiger partial charge < -0.3 is 10.8 Å². The zero-order chi connectivity index (χ0) is 11.5. The quantitative estimate of drug-likeness (QED) is 0.805. The Kier molecular flexibility index (Phi) is 2.88. The van der Waals surface area contributed by atoms with Gasteiger partial charge >= 0.3 is 0 Å². The van der Waals surface area contributed by atoms with Gasteiger partial charge in [0.1, 0.15) is 0 Å². The van der Waals surface area contributed by atoms with Crippen molar-refractivity contribution >= 4 is 5.69 Å². The van der Waals surface area contributed by atoms with Crippen LogP contribution in [0.15, 0.2) is 36.5 Å². The summed E-state index contributed by atoms with van der Waals surface area (Å²) < 4.78 is 0. The number of hydrogen-bond acceptors (Lipinski definition) is 3. The summed E-state index contributed by atoms with van der Waals surface area (Å²) in [6, 6.07) is 9.61.